The first-order valence-electron chi connectivity index (χ1n) is 7.19. The number of aromatic nitrogens is 1. The van der Waals surface area contributed by atoms with E-state index in [4.69, 9.17) is 0 Å². The third-order valence-electron chi connectivity index (χ3n) is 3.77. The lowest BCUT2D eigenvalue weighted by Gasteiger charge is -2.22. The minimum absolute atomic E-state index is 0.163. The van der Waals surface area contributed by atoms with Crippen LogP contribution in [0.4, 0.5) is 5.69 Å². The number of hydrogen-bond acceptors (Lipinski definition) is 4. The second-order valence-corrected chi connectivity index (χ2v) is 7.24. The van der Waals surface area contributed by atoms with Gasteiger partial charge in [0.1, 0.15) is 0 Å². The van der Waals surface area contributed by atoms with Crippen LogP contribution in [0.25, 0.3) is 10.9 Å². The normalized spacial score (nSPS) is 19.5. The van der Waals surface area contributed by atoms with Gasteiger partial charge in [0, 0.05) is 11.6 Å². The van der Waals surface area contributed by atoms with Crippen molar-refractivity contribution in [2.75, 3.05) is 23.6 Å². The van der Waals surface area contributed by atoms with Crippen molar-refractivity contribution in [3.63, 3.8) is 0 Å². The molecule has 1 atom stereocenters. The molecule has 0 amide bonds. The molecule has 0 spiro atoms. The Hall–Kier alpha value is -1.66. The summed E-state index contributed by atoms with van der Waals surface area (Å²) < 4.78 is 27.4. The standard InChI is InChI=1S/C15H19N3O2S/c19-21(20,11-12-4-2-8-16-10-12)18-15-7-1-6-14-13(15)5-3-9-17-14/h1,3,5-7,9,12,16,18H,2,4,8,10-11H2. The van der Waals surface area contributed by atoms with Crippen molar-refractivity contribution in [1.29, 1.82) is 0 Å². The summed E-state index contributed by atoms with van der Waals surface area (Å²) in [6.45, 7) is 1.76. The van der Waals surface area contributed by atoms with Gasteiger partial charge >= 0.3 is 0 Å². The van der Waals surface area contributed by atoms with Gasteiger partial charge in [0.05, 0.1) is 17.0 Å². The Bertz CT molecular complexity index is 719. The van der Waals surface area contributed by atoms with Crippen molar-refractivity contribution in [2.24, 2.45) is 5.92 Å². The fourth-order valence-corrected chi connectivity index (χ4v) is 4.28. The van der Waals surface area contributed by atoms with Crippen LogP contribution >= 0.6 is 0 Å². The van der Waals surface area contributed by atoms with Crippen molar-refractivity contribution >= 4 is 26.6 Å². The van der Waals surface area contributed by atoms with Crippen LogP contribution in [0.2, 0.25) is 0 Å². The molecule has 1 aromatic heterocycles. The average Bonchev–Trinajstić information content (AvgIpc) is 2.48. The van der Waals surface area contributed by atoms with E-state index in [-0.39, 0.29) is 11.7 Å². The highest BCUT2D eigenvalue weighted by atomic mass is 32.2. The number of pyridine rings is 1. The molecule has 21 heavy (non-hydrogen) atoms. The van der Waals surface area contributed by atoms with Crippen LogP contribution < -0.4 is 10.0 Å². The van der Waals surface area contributed by atoms with Gasteiger partial charge in [-0.2, -0.15) is 0 Å². The summed E-state index contributed by atoms with van der Waals surface area (Å²) in [6, 6.07) is 9.15. The fourth-order valence-electron chi connectivity index (χ4n) is 2.78. The highest BCUT2D eigenvalue weighted by Crippen LogP contribution is 2.23. The van der Waals surface area contributed by atoms with E-state index in [1.807, 2.05) is 24.3 Å². The van der Waals surface area contributed by atoms with Crippen LogP contribution in [0.3, 0.4) is 0 Å². The molecular formula is C15H19N3O2S. The van der Waals surface area contributed by atoms with Gasteiger partial charge in [0.25, 0.3) is 0 Å². The first-order chi connectivity index (χ1) is 10.1. The molecule has 0 bridgehead atoms. The lowest BCUT2D eigenvalue weighted by molar-refractivity contribution is 0.404. The van der Waals surface area contributed by atoms with Gasteiger partial charge in [0.15, 0.2) is 0 Å². The number of piperidine rings is 1. The minimum atomic E-state index is -3.34. The summed E-state index contributed by atoms with van der Waals surface area (Å²) in [5.41, 5.74) is 1.39. The van der Waals surface area contributed by atoms with E-state index in [1.54, 1.807) is 12.3 Å². The fraction of sp³-hybridized carbons (Fsp3) is 0.400. The minimum Gasteiger partial charge on any atom is -0.316 e. The Morgan fingerprint density at radius 1 is 1.29 bits per heavy atom. The van der Waals surface area contributed by atoms with Crippen LogP contribution in [0, 0.1) is 5.92 Å². The number of nitrogens with one attached hydrogen (secondary N) is 2. The molecule has 1 aliphatic heterocycles. The smallest absolute Gasteiger partial charge is 0.233 e. The molecule has 1 aromatic carbocycles. The zero-order valence-electron chi connectivity index (χ0n) is 11.7. The first kappa shape index (κ1) is 14.3. The van der Waals surface area contributed by atoms with Gasteiger partial charge in [-0.1, -0.05) is 6.07 Å². The van der Waals surface area contributed by atoms with E-state index in [0.29, 0.717) is 5.69 Å². The van der Waals surface area contributed by atoms with Crippen LogP contribution in [0.5, 0.6) is 0 Å². The molecule has 2 aromatic rings. The topological polar surface area (TPSA) is 71.1 Å². The summed E-state index contributed by atoms with van der Waals surface area (Å²) in [7, 11) is -3.34. The molecule has 2 heterocycles. The average molecular weight is 305 g/mol. The number of nitrogens with zero attached hydrogens (tertiary/aromatic N) is 1. The molecule has 3 rings (SSSR count). The zero-order valence-corrected chi connectivity index (χ0v) is 12.6. The second kappa shape index (κ2) is 5.99. The van der Waals surface area contributed by atoms with Crippen molar-refractivity contribution < 1.29 is 8.42 Å². The summed E-state index contributed by atoms with van der Waals surface area (Å²) in [6.07, 6.45) is 3.71. The molecular weight excluding hydrogens is 286 g/mol. The van der Waals surface area contributed by atoms with Crippen LogP contribution in [0.1, 0.15) is 12.8 Å². The molecule has 1 unspecified atom stereocenters. The monoisotopic (exact) mass is 305 g/mol. The van der Waals surface area contributed by atoms with E-state index in [9.17, 15) is 8.42 Å². The van der Waals surface area contributed by atoms with Crippen molar-refractivity contribution in [2.45, 2.75) is 12.8 Å². The summed E-state index contributed by atoms with van der Waals surface area (Å²) >= 11 is 0. The maximum atomic E-state index is 12.4. The third kappa shape index (κ3) is 3.51. The van der Waals surface area contributed by atoms with Crippen LogP contribution in [-0.2, 0) is 10.0 Å². The quantitative estimate of drug-likeness (QED) is 0.906. The van der Waals surface area contributed by atoms with Crippen molar-refractivity contribution in [3.05, 3.63) is 36.5 Å². The summed E-state index contributed by atoms with van der Waals surface area (Å²) in [4.78, 5) is 4.24. The van der Waals surface area contributed by atoms with Gasteiger partial charge in [-0.15, -0.1) is 0 Å². The number of rotatable bonds is 4. The largest absolute Gasteiger partial charge is 0.316 e. The molecule has 0 saturated carbocycles. The van der Waals surface area contributed by atoms with E-state index >= 15 is 0 Å². The molecule has 0 radical (unpaired) electrons. The van der Waals surface area contributed by atoms with E-state index in [1.165, 1.54) is 0 Å². The molecule has 6 heteroatoms. The molecule has 112 valence electrons. The molecule has 5 nitrogen and oxygen atoms in total. The van der Waals surface area contributed by atoms with Gasteiger partial charge < -0.3 is 5.32 Å². The van der Waals surface area contributed by atoms with Gasteiger partial charge in [-0.3, -0.25) is 9.71 Å². The summed E-state index contributed by atoms with van der Waals surface area (Å²) in [5.74, 6) is 0.348. The SMILES string of the molecule is O=S(=O)(CC1CCCNC1)Nc1cccc2ncccc12. The lowest BCUT2D eigenvalue weighted by Crippen LogP contribution is -2.35. The maximum Gasteiger partial charge on any atom is 0.233 e. The van der Waals surface area contributed by atoms with E-state index < -0.39 is 10.0 Å². The molecule has 1 fully saturated rings. The molecule has 1 aliphatic rings. The van der Waals surface area contributed by atoms with Crippen molar-refractivity contribution in [1.82, 2.24) is 10.3 Å². The number of anilines is 1. The van der Waals surface area contributed by atoms with Gasteiger partial charge in [-0.25, -0.2) is 8.42 Å². The second-order valence-electron chi connectivity index (χ2n) is 5.47. The Morgan fingerprint density at radius 3 is 3.00 bits per heavy atom. The molecule has 2 N–H and O–H groups in total. The Balaban J connectivity index is 1.80. The predicted octanol–water partition coefficient (Wildman–Crippen LogP) is 1.98. The zero-order chi connectivity index (χ0) is 14.7. The lowest BCUT2D eigenvalue weighted by atomic mass is 10.0. The molecule has 0 aliphatic carbocycles. The Labute approximate surface area is 124 Å². The van der Waals surface area contributed by atoms with E-state index in [2.05, 4.69) is 15.0 Å². The predicted molar refractivity (Wildman–Crippen MR) is 84.7 cm³/mol. The van der Waals surface area contributed by atoms with Gasteiger partial charge in [-0.05, 0) is 56.1 Å². The van der Waals surface area contributed by atoms with Crippen LogP contribution in [0.15, 0.2) is 36.5 Å². The Morgan fingerprint density at radius 2 is 2.19 bits per heavy atom. The summed E-state index contributed by atoms with van der Waals surface area (Å²) in [5, 5.41) is 4.07. The highest BCUT2D eigenvalue weighted by Gasteiger charge is 2.21. The molecule has 1 saturated heterocycles. The highest BCUT2D eigenvalue weighted by molar-refractivity contribution is 7.92. The van der Waals surface area contributed by atoms with Gasteiger partial charge in [0.2, 0.25) is 10.0 Å². The number of benzene rings is 1. The maximum absolute atomic E-state index is 12.4. The Kier molecular flexibility index (Phi) is 4.07. The van der Waals surface area contributed by atoms with Crippen molar-refractivity contribution in [3.8, 4) is 0 Å². The third-order valence-corrected chi connectivity index (χ3v) is 5.21. The van der Waals surface area contributed by atoms with E-state index in [0.717, 1.165) is 36.8 Å². The first-order valence-corrected chi connectivity index (χ1v) is 8.84. The number of fused-ring (bicyclic) bond motifs is 1. The number of hydrogen-bond donors (Lipinski definition) is 2. The van der Waals surface area contributed by atoms with Crippen LogP contribution in [-0.4, -0.2) is 32.2 Å². The number of sulfonamides is 1.